The summed E-state index contributed by atoms with van der Waals surface area (Å²) in [5, 5.41) is 6.50. The van der Waals surface area contributed by atoms with E-state index < -0.39 is 0 Å². The van der Waals surface area contributed by atoms with Crippen molar-refractivity contribution in [3.8, 4) is 0 Å². The Hall–Kier alpha value is -0.650. The summed E-state index contributed by atoms with van der Waals surface area (Å²) in [5.74, 6) is 0. The number of ether oxygens (including phenoxy) is 1. The van der Waals surface area contributed by atoms with Crippen LogP contribution in [-0.2, 0) is 4.74 Å². The highest BCUT2D eigenvalue weighted by Gasteiger charge is 2.24. The first-order valence-corrected chi connectivity index (χ1v) is 6.24. The van der Waals surface area contributed by atoms with Gasteiger partial charge in [0.2, 0.25) is 0 Å². The molecule has 1 aromatic rings. The first-order valence-electron chi connectivity index (χ1n) is 5.36. The highest BCUT2D eigenvalue weighted by Crippen LogP contribution is 2.21. The molecule has 4 nitrogen and oxygen atoms in total. The molecular formula is C10H17N3OS. The van der Waals surface area contributed by atoms with Crippen LogP contribution < -0.4 is 10.2 Å². The summed E-state index contributed by atoms with van der Waals surface area (Å²) in [6.45, 7) is 6.65. The maximum absolute atomic E-state index is 5.50. The third-order valence-electron chi connectivity index (χ3n) is 2.52. The lowest BCUT2D eigenvalue weighted by molar-refractivity contribution is 0.0939. The maximum atomic E-state index is 5.50. The number of likely N-dealkylation sites (N-methyl/N-ethyl adjacent to an activating group) is 1. The molecule has 0 saturated carbocycles. The molecule has 0 radical (unpaired) electrons. The first kappa shape index (κ1) is 10.9. The van der Waals surface area contributed by atoms with Crippen molar-refractivity contribution in [3.05, 3.63) is 11.6 Å². The van der Waals surface area contributed by atoms with Gasteiger partial charge in [0.1, 0.15) is 0 Å². The summed E-state index contributed by atoms with van der Waals surface area (Å²) in [6, 6.07) is 0.421. The minimum atomic E-state index is 0.421. The molecule has 1 aromatic heterocycles. The molecule has 1 unspecified atom stereocenters. The van der Waals surface area contributed by atoms with Gasteiger partial charge in [-0.05, 0) is 6.54 Å². The highest BCUT2D eigenvalue weighted by atomic mass is 32.1. The average Bonchev–Trinajstić information content (AvgIpc) is 2.80. The Morgan fingerprint density at radius 3 is 3.40 bits per heavy atom. The van der Waals surface area contributed by atoms with Crippen LogP contribution in [0.25, 0.3) is 0 Å². The molecule has 0 spiro atoms. The molecule has 84 valence electrons. The number of nitrogens with zero attached hydrogens (tertiary/aromatic N) is 2. The third-order valence-corrected chi connectivity index (χ3v) is 3.33. The van der Waals surface area contributed by atoms with E-state index >= 15 is 0 Å². The Balaban J connectivity index is 1.99. The van der Waals surface area contributed by atoms with Crippen molar-refractivity contribution in [2.75, 3.05) is 37.7 Å². The molecule has 2 rings (SSSR count). The molecule has 0 aliphatic carbocycles. The zero-order chi connectivity index (χ0) is 10.5. The van der Waals surface area contributed by atoms with Gasteiger partial charge in [-0.3, -0.25) is 0 Å². The van der Waals surface area contributed by atoms with Crippen molar-refractivity contribution in [2.45, 2.75) is 13.0 Å². The van der Waals surface area contributed by atoms with E-state index in [-0.39, 0.29) is 0 Å². The van der Waals surface area contributed by atoms with E-state index in [9.17, 15) is 0 Å². The molecule has 1 aliphatic rings. The number of morpholine rings is 1. The Morgan fingerprint density at radius 2 is 2.67 bits per heavy atom. The Bertz CT molecular complexity index is 278. The largest absolute Gasteiger partial charge is 0.377 e. The van der Waals surface area contributed by atoms with Gasteiger partial charge in [0.05, 0.1) is 19.3 Å². The average molecular weight is 227 g/mol. The normalized spacial score (nSPS) is 21.9. The fraction of sp³-hybridized carbons (Fsp3) is 0.700. The second-order valence-corrected chi connectivity index (χ2v) is 4.42. The van der Waals surface area contributed by atoms with Gasteiger partial charge >= 0.3 is 0 Å². The first-order chi connectivity index (χ1) is 7.42. The van der Waals surface area contributed by atoms with Crippen molar-refractivity contribution >= 4 is 16.5 Å². The molecular weight excluding hydrogens is 210 g/mol. The predicted molar refractivity (Wildman–Crippen MR) is 62.6 cm³/mol. The smallest absolute Gasteiger partial charge is 0.185 e. The lowest BCUT2D eigenvalue weighted by Crippen LogP contribution is -2.50. The van der Waals surface area contributed by atoms with Gasteiger partial charge in [0, 0.05) is 24.7 Å². The lowest BCUT2D eigenvalue weighted by Gasteiger charge is -2.35. The van der Waals surface area contributed by atoms with Crippen molar-refractivity contribution in [1.29, 1.82) is 0 Å². The SMILES string of the molecule is CCNCC1COCCN1c1nccs1. The van der Waals surface area contributed by atoms with E-state index in [1.807, 2.05) is 11.6 Å². The summed E-state index contributed by atoms with van der Waals surface area (Å²) in [6.07, 6.45) is 1.86. The third kappa shape index (κ3) is 2.68. The van der Waals surface area contributed by atoms with Gasteiger partial charge in [0.25, 0.3) is 0 Å². The second kappa shape index (κ2) is 5.44. The number of thiazole rings is 1. The van der Waals surface area contributed by atoms with E-state index in [1.54, 1.807) is 11.3 Å². The van der Waals surface area contributed by atoms with Crippen LogP contribution in [-0.4, -0.2) is 43.9 Å². The van der Waals surface area contributed by atoms with Crippen LogP contribution in [0.2, 0.25) is 0 Å². The molecule has 1 N–H and O–H groups in total. The zero-order valence-corrected chi connectivity index (χ0v) is 9.80. The van der Waals surface area contributed by atoms with Gasteiger partial charge in [-0.1, -0.05) is 6.92 Å². The molecule has 0 amide bonds. The summed E-state index contributed by atoms with van der Waals surface area (Å²) >= 11 is 1.70. The number of aromatic nitrogens is 1. The van der Waals surface area contributed by atoms with Crippen LogP contribution in [0.15, 0.2) is 11.6 Å². The van der Waals surface area contributed by atoms with Crippen molar-refractivity contribution < 1.29 is 4.74 Å². The quantitative estimate of drug-likeness (QED) is 0.831. The van der Waals surface area contributed by atoms with E-state index in [4.69, 9.17) is 4.74 Å². The minimum Gasteiger partial charge on any atom is -0.377 e. The number of nitrogens with one attached hydrogen (secondary N) is 1. The van der Waals surface area contributed by atoms with Crippen molar-refractivity contribution in [2.24, 2.45) is 0 Å². The van der Waals surface area contributed by atoms with E-state index in [0.29, 0.717) is 6.04 Å². The van der Waals surface area contributed by atoms with Crippen LogP contribution in [0.1, 0.15) is 6.92 Å². The lowest BCUT2D eigenvalue weighted by atomic mass is 10.2. The molecule has 1 atom stereocenters. The molecule has 5 heteroatoms. The monoisotopic (exact) mass is 227 g/mol. The Kier molecular flexibility index (Phi) is 3.94. The Morgan fingerprint density at radius 1 is 1.73 bits per heavy atom. The molecule has 1 fully saturated rings. The zero-order valence-electron chi connectivity index (χ0n) is 8.98. The van der Waals surface area contributed by atoms with Gasteiger partial charge in [-0.15, -0.1) is 11.3 Å². The van der Waals surface area contributed by atoms with Gasteiger partial charge in [0.15, 0.2) is 5.13 Å². The molecule has 2 heterocycles. The number of hydrogen-bond donors (Lipinski definition) is 1. The fourth-order valence-corrected chi connectivity index (χ4v) is 2.49. The molecule has 0 aromatic carbocycles. The summed E-state index contributed by atoms with van der Waals surface area (Å²) in [4.78, 5) is 6.70. The standard InChI is InChI=1S/C10H17N3OS/c1-2-11-7-9-8-14-5-4-13(9)10-12-3-6-15-10/h3,6,9,11H,2,4-5,7-8H2,1H3. The van der Waals surface area contributed by atoms with E-state index in [1.165, 1.54) is 0 Å². The number of hydrogen-bond acceptors (Lipinski definition) is 5. The molecule has 0 bridgehead atoms. The fourth-order valence-electron chi connectivity index (χ4n) is 1.74. The Labute approximate surface area is 94.3 Å². The van der Waals surface area contributed by atoms with E-state index in [2.05, 4.69) is 22.1 Å². The summed E-state index contributed by atoms with van der Waals surface area (Å²) in [7, 11) is 0. The predicted octanol–water partition coefficient (Wildman–Crippen LogP) is 0.958. The molecule has 1 saturated heterocycles. The van der Waals surface area contributed by atoms with Gasteiger partial charge < -0.3 is 15.0 Å². The number of anilines is 1. The van der Waals surface area contributed by atoms with Gasteiger partial charge in [-0.2, -0.15) is 0 Å². The van der Waals surface area contributed by atoms with Crippen LogP contribution in [0.4, 0.5) is 5.13 Å². The summed E-state index contributed by atoms with van der Waals surface area (Å²) in [5.41, 5.74) is 0. The van der Waals surface area contributed by atoms with Crippen molar-refractivity contribution in [1.82, 2.24) is 10.3 Å². The molecule has 1 aliphatic heterocycles. The van der Waals surface area contributed by atoms with Crippen molar-refractivity contribution in [3.63, 3.8) is 0 Å². The minimum absolute atomic E-state index is 0.421. The second-order valence-electron chi connectivity index (χ2n) is 3.54. The molecule has 15 heavy (non-hydrogen) atoms. The summed E-state index contributed by atoms with van der Waals surface area (Å²) < 4.78 is 5.50. The van der Waals surface area contributed by atoms with Crippen LogP contribution in [0, 0.1) is 0 Å². The maximum Gasteiger partial charge on any atom is 0.185 e. The van der Waals surface area contributed by atoms with Crippen LogP contribution in [0.5, 0.6) is 0 Å². The topological polar surface area (TPSA) is 37.4 Å². The van der Waals surface area contributed by atoms with Crippen LogP contribution >= 0.6 is 11.3 Å². The van der Waals surface area contributed by atoms with Crippen LogP contribution in [0.3, 0.4) is 0 Å². The van der Waals surface area contributed by atoms with E-state index in [0.717, 1.165) is 38.0 Å². The highest BCUT2D eigenvalue weighted by molar-refractivity contribution is 7.13. The van der Waals surface area contributed by atoms with Gasteiger partial charge in [-0.25, -0.2) is 4.98 Å². The number of rotatable bonds is 4.